The van der Waals surface area contributed by atoms with Crippen LogP contribution in [0.25, 0.3) is 105 Å². The van der Waals surface area contributed by atoms with Crippen molar-refractivity contribution in [3.05, 3.63) is 279 Å². The second kappa shape index (κ2) is 17.4. The first-order chi connectivity index (χ1) is 34.7. The summed E-state index contributed by atoms with van der Waals surface area (Å²) in [5, 5.41) is 7.46. The fourth-order valence-electron chi connectivity index (χ4n) is 10.8. The lowest BCUT2D eigenvalue weighted by atomic mass is 9.84. The number of nitrogens with zero attached hydrogens (tertiary/aromatic N) is 2. The highest BCUT2D eigenvalue weighted by Crippen LogP contribution is 2.47. The highest BCUT2D eigenvalue weighted by atomic mass is 15.1. The van der Waals surface area contributed by atoms with E-state index in [0.29, 0.717) is 0 Å². The van der Waals surface area contributed by atoms with Crippen LogP contribution in [0.3, 0.4) is 0 Å². The molecule has 0 fully saturated rings. The first-order valence-electron chi connectivity index (χ1n) is 24.1. The number of para-hydroxylation sites is 3. The van der Waals surface area contributed by atoms with Gasteiger partial charge in [-0.05, 0) is 138 Å². The van der Waals surface area contributed by atoms with E-state index in [1.807, 2.05) is 0 Å². The van der Waals surface area contributed by atoms with E-state index in [0.717, 1.165) is 39.4 Å². The molecule has 0 atom stereocenters. The van der Waals surface area contributed by atoms with Gasteiger partial charge in [-0.3, -0.25) is 0 Å². The van der Waals surface area contributed by atoms with Gasteiger partial charge in [0.2, 0.25) is 0 Å². The summed E-state index contributed by atoms with van der Waals surface area (Å²) in [6, 6.07) is 102. The monoisotopic (exact) mass is 890 g/mol. The fourth-order valence-corrected chi connectivity index (χ4v) is 10.8. The van der Waals surface area contributed by atoms with E-state index in [2.05, 4.69) is 289 Å². The van der Waals surface area contributed by atoms with Crippen LogP contribution in [0.5, 0.6) is 0 Å². The maximum Gasteiger partial charge on any atom is 0.0541 e. The maximum atomic E-state index is 2.41. The molecule has 0 aliphatic carbocycles. The Hall–Kier alpha value is -9.24. The van der Waals surface area contributed by atoms with Gasteiger partial charge in [0.05, 0.1) is 16.7 Å². The largest absolute Gasteiger partial charge is 0.310 e. The molecule has 0 spiro atoms. The van der Waals surface area contributed by atoms with E-state index in [4.69, 9.17) is 0 Å². The van der Waals surface area contributed by atoms with Crippen molar-refractivity contribution in [3.63, 3.8) is 0 Å². The third kappa shape index (κ3) is 7.13. The minimum atomic E-state index is 1.08. The highest BCUT2D eigenvalue weighted by molar-refractivity contribution is 6.22. The van der Waals surface area contributed by atoms with E-state index < -0.39 is 0 Å². The molecule has 13 aromatic rings. The minimum Gasteiger partial charge on any atom is -0.310 e. The van der Waals surface area contributed by atoms with Crippen LogP contribution in [0.2, 0.25) is 0 Å². The molecule has 13 rings (SSSR count). The number of anilines is 3. The summed E-state index contributed by atoms with van der Waals surface area (Å²) in [7, 11) is 0. The van der Waals surface area contributed by atoms with Gasteiger partial charge in [0.1, 0.15) is 0 Å². The van der Waals surface area contributed by atoms with Gasteiger partial charge in [-0.2, -0.15) is 0 Å². The lowest BCUT2D eigenvalue weighted by molar-refractivity contribution is 1.18. The minimum absolute atomic E-state index is 1.08. The highest BCUT2D eigenvalue weighted by Gasteiger charge is 2.21. The van der Waals surface area contributed by atoms with Crippen molar-refractivity contribution in [2.45, 2.75) is 0 Å². The van der Waals surface area contributed by atoms with E-state index in [1.165, 1.54) is 82.3 Å². The Balaban J connectivity index is 0.961. The molecule has 0 unspecified atom stereocenters. The third-order valence-corrected chi connectivity index (χ3v) is 14.0. The number of hydrogen-bond acceptors (Lipinski definition) is 1. The quantitative estimate of drug-likeness (QED) is 0.131. The molecule has 1 aromatic heterocycles. The van der Waals surface area contributed by atoms with Crippen molar-refractivity contribution in [1.29, 1.82) is 0 Å². The number of rotatable bonds is 9. The molecule has 0 amide bonds. The molecule has 0 saturated heterocycles. The lowest BCUT2D eigenvalue weighted by Gasteiger charge is -2.28. The number of hydrogen-bond donors (Lipinski definition) is 0. The molecule has 0 bridgehead atoms. The van der Waals surface area contributed by atoms with Crippen LogP contribution in [0.15, 0.2) is 279 Å². The van der Waals surface area contributed by atoms with Crippen LogP contribution < -0.4 is 4.90 Å². The summed E-state index contributed by atoms with van der Waals surface area (Å²) in [4.78, 5) is 2.41. The van der Waals surface area contributed by atoms with E-state index >= 15 is 0 Å². The van der Waals surface area contributed by atoms with Gasteiger partial charge in [0.15, 0.2) is 0 Å². The van der Waals surface area contributed by atoms with E-state index in [-0.39, 0.29) is 0 Å². The number of fused-ring (bicyclic) bond motifs is 6. The number of benzene rings is 12. The molecule has 70 heavy (non-hydrogen) atoms. The molecule has 2 heteroatoms. The predicted molar refractivity (Wildman–Crippen MR) is 298 cm³/mol. The smallest absolute Gasteiger partial charge is 0.0541 e. The molecular formula is C68H46N2. The Bertz CT molecular complexity index is 4010. The van der Waals surface area contributed by atoms with Gasteiger partial charge in [-0.25, -0.2) is 0 Å². The number of aromatic nitrogens is 1. The summed E-state index contributed by atoms with van der Waals surface area (Å²) in [6.07, 6.45) is 0. The average molecular weight is 891 g/mol. The lowest BCUT2D eigenvalue weighted by Crippen LogP contribution is -2.11. The summed E-state index contributed by atoms with van der Waals surface area (Å²) in [5.41, 5.74) is 18.8. The second-order valence-electron chi connectivity index (χ2n) is 18.0. The average Bonchev–Trinajstić information content (AvgIpc) is 3.78. The van der Waals surface area contributed by atoms with Crippen molar-refractivity contribution in [2.24, 2.45) is 0 Å². The Morgan fingerprint density at radius 2 is 0.671 bits per heavy atom. The summed E-state index contributed by atoms with van der Waals surface area (Å²) >= 11 is 0. The van der Waals surface area contributed by atoms with E-state index in [1.54, 1.807) is 0 Å². The van der Waals surface area contributed by atoms with Crippen molar-refractivity contribution >= 4 is 60.4 Å². The van der Waals surface area contributed by atoms with Gasteiger partial charge in [-0.15, -0.1) is 0 Å². The van der Waals surface area contributed by atoms with Crippen LogP contribution in [0.4, 0.5) is 17.1 Å². The summed E-state index contributed by atoms with van der Waals surface area (Å²) in [6.45, 7) is 0. The Labute approximate surface area is 408 Å². The Morgan fingerprint density at radius 3 is 1.33 bits per heavy atom. The van der Waals surface area contributed by atoms with Crippen LogP contribution >= 0.6 is 0 Å². The fraction of sp³-hybridized carbons (Fsp3) is 0. The molecule has 1 heterocycles. The molecule has 2 nitrogen and oxygen atoms in total. The van der Waals surface area contributed by atoms with Gasteiger partial charge in [0.25, 0.3) is 0 Å². The molecule has 0 radical (unpaired) electrons. The molecule has 328 valence electrons. The van der Waals surface area contributed by atoms with Crippen LogP contribution in [0.1, 0.15) is 0 Å². The van der Waals surface area contributed by atoms with Gasteiger partial charge >= 0.3 is 0 Å². The molecule has 0 aliphatic heterocycles. The molecule has 12 aromatic carbocycles. The maximum absolute atomic E-state index is 2.41. The zero-order valence-corrected chi connectivity index (χ0v) is 38.5. The molecule has 0 N–H and O–H groups in total. The molecular weight excluding hydrogens is 845 g/mol. The Morgan fingerprint density at radius 1 is 0.243 bits per heavy atom. The predicted octanol–water partition coefficient (Wildman–Crippen LogP) is 18.9. The van der Waals surface area contributed by atoms with Gasteiger partial charge < -0.3 is 9.47 Å². The van der Waals surface area contributed by atoms with Crippen LogP contribution in [0, 0.1) is 0 Å². The van der Waals surface area contributed by atoms with E-state index in [9.17, 15) is 0 Å². The Kier molecular flexibility index (Phi) is 10.2. The third-order valence-electron chi connectivity index (χ3n) is 14.0. The van der Waals surface area contributed by atoms with Gasteiger partial charge in [0, 0.05) is 33.4 Å². The van der Waals surface area contributed by atoms with Gasteiger partial charge in [-0.1, -0.05) is 212 Å². The van der Waals surface area contributed by atoms with Crippen molar-refractivity contribution < 1.29 is 0 Å². The first kappa shape index (κ1) is 41.0. The second-order valence-corrected chi connectivity index (χ2v) is 18.0. The normalized spacial score (nSPS) is 11.4. The van der Waals surface area contributed by atoms with Crippen LogP contribution in [-0.2, 0) is 0 Å². The van der Waals surface area contributed by atoms with Crippen molar-refractivity contribution in [3.8, 4) is 61.3 Å². The van der Waals surface area contributed by atoms with Crippen molar-refractivity contribution in [2.75, 3.05) is 4.90 Å². The summed E-state index contributed by atoms with van der Waals surface area (Å²) < 4.78 is 2.38. The SMILES string of the molecule is c1ccc(-c2ccc(N(c3ccc(-c4ccc5c(c4)c(-c4ccccc4)c(-c4ccccc4)c4ccccc45)cc3)c3ccccc3-c3ccc4c(c3)c3ccccc3n4-c3ccccc3)cc2)cc1. The summed E-state index contributed by atoms with van der Waals surface area (Å²) in [5.74, 6) is 0. The molecule has 0 saturated carbocycles. The first-order valence-corrected chi connectivity index (χ1v) is 24.1. The standard InChI is InChI=1S/C68H46N2/c1-5-19-47(20-6-1)48-33-39-55(40-34-48)69(64-31-17-15-27-57(64)53-38-44-66-62(46-53)60-29-16-18-32-65(60)70(66)54-25-11-4-12-26-54)56-41-35-49(36-42-56)52-37-43-59-58-28-13-14-30-61(58)67(50-21-7-2-8-22-50)68(63(59)45-52)51-23-9-3-10-24-51/h1-46H. The van der Waals surface area contributed by atoms with Crippen LogP contribution in [-0.4, -0.2) is 4.57 Å². The molecule has 0 aliphatic rings. The zero-order valence-electron chi connectivity index (χ0n) is 38.5. The topological polar surface area (TPSA) is 8.17 Å². The van der Waals surface area contributed by atoms with Crippen molar-refractivity contribution in [1.82, 2.24) is 4.57 Å². The zero-order chi connectivity index (χ0) is 46.4.